The number of halogens is 1. The summed E-state index contributed by atoms with van der Waals surface area (Å²) in [5.74, 6) is 0. The zero-order chi connectivity index (χ0) is 14.5. The standard InChI is InChI=1S/C16H25ClN2O/c1-12(2)20-9-8-19(3)15-7-4-13(16(17)10-15)11-18-14-5-6-14/h4,7,10,12,14,18H,5-6,8-9,11H2,1-3H3. The predicted molar refractivity (Wildman–Crippen MR) is 85.7 cm³/mol. The van der Waals surface area contributed by atoms with Crippen molar-refractivity contribution in [2.75, 3.05) is 25.1 Å². The molecule has 0 heterocycles. The number of anilines is 1. The van der Waals surface area contributed by atoms with Gasteiger partial charge in [-0.05, 0) is 44.4 Å². The topological polar surface area (TPSA) is 24.5 Å². The Hall–Kier alpha value is -0.770. The van der Waals surface area contributed by atoms with Gasteiger partial charge in [0, 0.05) is 36.9 Å². The predicted octanol–water partition coefficient (Wildman–Crippen LogP) is 3.45. The quantitative estimate of drug-likeness (QED) is 0.795. The first kappa shape index (κ1) is 15.6. The zero-order valence-corrected chi connectivity index (χ0v) is 13.4. The van der Waals surface area contributed by atoms with Gasteiger partial charge in [-0.25, -0.2) is 0 Å². The lowest BCUT2D eigenvalue weighted by Gasteiger charge is -2.21. The van der Waals surface area contributed by atoms with Crippen LogP contribution in [0.1, 0.15) is 32.3 Å². The molecule has 20 heavy (non-hydrogen) atoms. The number of benzene rings is 1. The molecular formula is C16H25ClN2O. The molecule has 0 radical (unpaired) electrons. The van der Waals surface area contributed by atoms with Crippen molar-refractivity contribution in [1.29, 1.82) is 0 Å². The summed E-state index contributed by atoms with van der Waals surface area (Å²) >= 11 is 6.36. The van der Waals surface area contributed by atoms with E-state index in [4.69, 9.17) is 16.3 Å². The molecule has 0 spiro atoms. The highest BCUT2D eigenvalue weighted by atomic mass is 35.5. The smallest absolute Gasteiger partial charge is 0.0644 e. The molecule has 2 rings (SSSR count). The van der Waals surface area contributed by atoms with Crippen molar-refractivity contribution in [3.8, 4) is 0 Å². The van der Waals surface area contributed by atoms with Gasteiger partial charge in [0.05, 0.1) is 12.7 Å². The Kier molecular flexibility index (Phi) is 5.70. The summed E-state index contributed by atoms with van der Waals surface area (Å²) < 4.78 is 5.58. The Bertz CT molecular complexity index is 432. The number of nitrogens with one attached hydrogen (secondary N) is 1. The third kappa shape index (κ3) is 4.97. The Morgan fingerprint density at radius 1 is 1.40 bits per heavy atom. The number of likely N-dealkylation sites (N-methyl/N-ethyl adjacent to an activating group) is 1. The molecule has 0 saturated heterocycles. The summed E-state index contributed by atoms with van der Waals surface area (Å²) in [6.07, 6.45) is 2.88. The molecule has 0 bridgehead atoms. The van der Waals surface area contributed by atoms with Crippen molar-refractivity contribution in [2.24, 2.45) is 0 Å². The lowest BCUT2D eigenvalue weighted by molar-refractivity contribution is 0.0846. The Morgan fingerprint density at radius 3 is 2.75 bits per heavy atom. The van der Waals surface area contributed by atoms with Crippen LogP contribution in [0.5, 0.6) is 0 Å². The van der Waals surface area contributed by atoms with Gasteiger partial charge in [0.15, 0.2) is 0 Å². The average molecular weight is 297 g/mol. The number of rotatable bonds is 8. The molecular weight excluding hydrogens is 272 g/mol. The second kappa shape index (κ2) is 7.30. The molecule has 1 fully saturated rings. The molecule has 1 saturated carbocycles. The fourth-order valence-electron chi connectivity index (χ4n) is 2.01. The van der Waals surface area contributed by atoms with Gasteiger partial charge in [0.1, 0.15) is 0 Å². The fraction of sp³-hybridized carbons (Fsp3) is 0.625. The molecule has 112 valence electrons. The maximum atomic E-state index is 6.36. The molecule has 0 atom stereocenters. The third-order valence-electron chi connectivity index (χ3n) is 3.51. The van der Waals surface area contributed by atoms with Crippen LogP contribution in [0.4, 0.5) is 5.69 Å². The van der Waals surface area contributed by atoms with Gasteiger partial charge in [0.25, 0.3) is 0 Å². The van der Waals surface area contributed by atoms with E-state index in [0.717, 1.165) is 30.4 Å². The first-order valence-corrected chi connectivity index (χ1v) is 7.78. The molecule has 3 nitrogen and oxygen atoms in total. The average Bonchev–Trinajstić information content (AvgIpc) is 3.20. The van der Waals surface area contributed by atoms with Crippen molar-refractivity contribution < 1.29 is 4.74 Å². The summed E-state index contributed by atoms with van der Waals surface area (Å²) in [4.78, 5) is 2.17. The van der Waals surface area contributed by atoms with Crippen LogP contribution in [-0.4, -0.2) is 32.3 Å². The van der Waals surface area contributed by atoms with E-state index in [2.05, 4.69) is 43.2 Å². The highest BCUT2D eigenvalue weighted by Crippen LogP contribution is 2.25. The maximum absolute atomic E-state index is 6.36. The van der Waals surface area contributed by atoms with Crippen LogP contribution in [0, 0.1) is 0 Å². The van der Waals surface area contributed by atoms with Crippen LogP contribution in [0.3, 0.4) is 0 Å². The van der Waals surface area contributed by atoms with Crippen molar-refractivity contribution in [3.63, 3.8) is 0 Å². The normalized spacial score (nSPS) is 14.8. The Morgan fingerprint density at radius 2 is 2.15 bits per heavy atom. The van der Waals surface area contributed by atoms with Crippen LogP contribution in [0.2, 0.25) is 5.02 Å². The highest BCUT2D eigenvalue weighted by Gasteiger charge is 2.20. The van der Waals surface area contributed by atoms with Crippen LogP contribution in [0.25, 0.3) is 0 Å². The van der Waals surface area contributed by atoms with E-state index in [1.54, 1.807) is 0 Å². The molecule has 1 aromatic carbocycles. The lowest BCUT2D eigenvalue weighted by Crippen LogP contribution is -2.24. The van der Waals surface area contributed by atoms with Crippen molar-refractivity contribution >= 4 is 17.3 Å². The van der Waals surface area contributed by atoms with Gasteiger partial charge in [-0.15, -0.1) is 0 Å². The Balaban J connectivity index is 1.86. The van der Waals surface area contributed by atoms with Crippen LogP contribution in [0.15, 0.2) is 18.2 Å². The van der Waals surface area contributed by atoms with Gasteiger partial charge in [-0.3, -0.25) is 0 Å². The Labute approximate surface area is 127 Å². The SMILES string of the molecule is CC(C)OCCN(C)c1ccc(CNC2CC2)c(Cl)c1. The van der Waals surface area contributed by atoms with Crippen molar-refractivity contribution in [3.05, 3.63) is 28.8 Å². The minimum absolute atomic E-state index is 0.280. The summed E-state index contributed by atoms with van der Waals surface area (Å²) in [5.41, 5.74) is 2.31. The second-order valence-electron chi connectivity index (χ2n) is 5.77. The third-order valence-corrected chi connectivity index (χ3v) is 3.87. The second-order valence-corrected chi connectivity index (χ2v) is 6.18. The largest absolute Gasteiger partial charge is 0.377 e. The molecule has 1 aromatic rings. The first-order chi connectivity index (χ1) is 9.56. The number of nitrogens with zero attached hydrogens (tertiary/aromatic N) is 1. The van der Waals surface area contributed by atoms with E-state index in [1.807, 2.05) is 6.07 Å². The number of hydrogen-bond donors (Lipinski definition) is 1. The molecule has 0 unspecified atom stereocenters. The highest BCUT2D eigenvalue weighted by molar-refractivity contribution is 6.31. The van der Waals surface area contributed by atoms with Crippen LogP contribution < -0.4 is 10.2 Å². The maximum Gasteiger partial charge on any atom is 0.0644 e. The van der Waals surface area contributed by atoms with E-state index in [0.29, 0.717) is 6.04 Å². The number of hydrogen-bond acceptors (Lipinski definition) is 3. The van der Waals surface area contributed by atoms with E-state index >= 15 is 0 Å². The van der Waals surface area contributed by atoms with Crippen LogP contribution in [-0.2, 0) is 11.3 Å². The molecule has 0 aliphatic heterocycles. The van der Waals surface area contributed by atoms with Crippen molar-refractivity contribution in [2.45, 2.75) is 45.4 Å². The van der Waals surface area contributed by atoms with Crippen molar-refractivity contribution in [1.82, 2.24) is 5.32 Å². The van der Waals surface area contributed by atoms with E-state index in [-0.39, 0.29) is 6.10 Å². The summed E-state index contributed by atoms with van der Waals surface area (Å²) in [6.45, 7) is 6.58. The monoisotopic (exact) mass is 296 g/mol. The molecule has 1 aliphatic rings. The fourth-order valence-corrected chi connectivity index (χ4v) is 2.25. The van der Waals surface area contributed by atoms with Gasteiger partial charge >= 0.3 is 0 Å². The lowest BCUT2D eigenvalue weighted by atomic mass is 10.2. The zero-order valence-electron chi connectivity index (χ0n) is 12.7. The summed E-state index contributed by atoms with van der Waals surface area (Å²) in [5, 5.41) is 4.33. The van der Waals surface area contributed by atoms with Gasteiger partial charge in [-0.2, -0.15) is 0 Å². The minimum Gasteiger partial charge on any atom is -0.377 e. The van der Waals surface area contributed by atoms with E-state index in [1.165, 1.54) is 18.4 Å². The number of ether oxygens (including phenoxy) is 1. The van der Waals surface area contributed by atoms with Gasteiger partial charge < -0.3 is 15.0 Å². The van der Waals surface area contributed by atoms with Gasteiger partial charge in [0.2, 0.25) is 0 Å². The molecule has 0 amide bonds. The summed E-state index contributed by atoms with van der Waals surface area (Å²) in [7, 11) is 2.07. The molecule has 4 heteroatoms. The molecule has 0 aromatic heterocycles. The van der Waals surface area contributed by atoms with Crippen LogP contribution >= 0.6 is 11.6 Å². The summed E-state index contributed by atoms with van der Waals surface area (Å²) in [6, 6.07) is 7.00. The minimum atomic E-state index is 0.280. The first-order valence-electron chi connectivity index (χ1n) is 7.41. The van der Waals surface area contributed by atoms with Gasteiger partial charge in [-0.1, -0.05) is 17.7 Å². The van der Waals surface area contributed by atoms with E-state index < -0.39 is 0 Å². The molecule has 1 N–H and O–H groups in total. The molecule has 1 aliphatic carbocycles. The van der Waals surface area contributed by atoms with E-state index in [9.17, 15) is 0 Å².